The molecule has 0 atom stereocenters. The van der Waals surface area contributed by atoms with Gasteiger partial charge in [0.05, 0.1) is 5.56 Å². The summed E-state index contributed by atoms with van der Waals surface area (Å²) in [5.74, 6) is -2.29. The Balaban J connectivity index is 1.97. The van der Waals surface area contributed by atoms with E-state index in [-0.39, 0.29) is 5.56 Å². The third-order valence-corrected chi connectivity index (χ3v) is 2.92. The number of benzene rings is 2. The van der Waals surface area contributed by atoms with Crippen molar-refractivity contribution in [1.29, 1.82) is 0 Å². The minimum Gasteiger partial charge on any atom is -0.504 e. The zero-order chi connectivity index (χ0) is 14.5. The van der Waals surface area contributed by atoms with Gasteiger partial charge in [0.1, 0.15) is 0 Å². The zero-order valence-corrected chi connectivity index (χ0v) is 10.7. The number of hydrogen-bond donors (Lipinski definition) is 4. The third kappa shape index (κ3) is 3.00. The normalized spacial score (nSPS) is 10.2. The first-order valence-electron chi connectivity index (χ1n) is 6.15. The molecule has 0 aromatic heterocycles. The number of phenols is 3. The monoisotopic (exact) mass is 273 g/mol. The van der Waals surface area contributed by atoms with Gasteiger partial charge in [-0.05, 0) is 24.1 Å². The fraction of sp³-hybridized carbons (Fsp3) is 0.133. The van der Waals surface area contributed by atoms with Crippen LogP contribution in [0, 0.1) is 0 Å². The molecule has 1 amide bonds. The summed E-state index contributed by atoms with van der Waals surface area (Å²) >= 11 is 0. The van der Waals surface area contributed by atoms with E-state index in [2.05, 4.69) is 5.32 Å². The van der Waals surface area contributed by atoms with Gasteiger partial charge in [-0.15, -0.1) is 0 Å². The maximum Gasteiger partial charge on any atom is 0.255 e. The Morgan fingerprint density at radius 1 is 0.950 bits per heavy atom. The van der Waals surface area contributed by atoms with E-state index >= 15 is 0 Å². The number of nitrogens with one attached hydrogen (secondary N) is 1. The van der Waals surface area contributed by atoms with Gasteiger partial charge in [0.25, 0.3) is 5.91 Å². The van der Waals surface area contributed by atoms with Crippen LogP contribution in [0.4, 0.5) is 0 Å². The van der Waals surface area contributed by atoms with E-state index in [1.54, 1.807) is 0 Å². The highest BCUT2D eigenvalue weighted by molar-refractivity contribution is 5.98. The third-order valence-electron chi connectivity index (χ3n) is 2.92. The van der Waals surface area contributed by atoms with E-state index in [9.17, 15) is 20.1 Å². The van der Waals surface area contributed by atoms with E-state index < -0.39 is 23.2 Å². The van der Waals surface area contributed by atoms with Crippen molar-refractivity contribution < 1.29 is 20.1 Å². The maximum atomic E-state index is 11.9. The molecule has 0 aliphatic carbocycles. The van der Waals surface area contributed by atoms with Crippen LogP contribution in [0.1, 0.15) is 15.9 Å². The molecule has 4 N–H and O–H groups in total. The van der Waals surface area contributed by atoms with Crippen molar-refractivity contribution in [2.45, 2.75) is 6.42 Å². The van der Waals surface area contributed by atoms with Crippen LogP contribution < -0.4 is 5.32 Å². The summed E-state index contributed by atoms with van der Waals surface area (Å²) in [6.45, 7) is 0.407. The number of carbonyl (C=O) groups excluding carboxylic acids is 1. The molecule has 5 heteroatoms. The highest BCUT2D eigenvalue weighted by Crippen LogP contribution is 2.36. The fourth-order valence-electron chi connectivity index (χ4n) is 1.81. The molecular formula is C15H15NO4. The van der Waals surface area contributed by atoms with Gasteiger partial charge in [0.2, 0.25) is 5.75 Å². The van der Waals surface area contributed by atoms with Crippen LogP contribution in [0.2, 0.25) is 0 Å². The van der Waals surface area contributed by atoms with Crippen molar-refractivity contribution in [3.05, 3.63) is 53.6 Å². The molecule has 0 bridgehead atoms. The van der Waals surface area contributed by atoms with Gasteiger partial charge in [-0.1, -0.05) is 30.3 Å². The lowest BCUT2D eigenvalue weighted by atomic mass is 10.1. The van der Waals surface area contributed by atoms with Crippen LogP contribution in [0.3, 0.4) is 0 Å². The van der Waals surface area contributed by atoms with Crippen molar-refractivity contribution in [3.8, 4) is 17.2 Å². The lowest BCUT2D eigenvalue weighted by Crippen LogP contribution is -2.25. The van der Waals surface area contributed by atoms with Crippen molar-refractivity contribution in [2.75, 3.05) is 6.54 Å². The zero-order valence-electron chi connectivity index (χ0n) is 10.7. The Hall–Kier alpha value is -2.69. The van der Waals surface area contributed by atoms with Crippen molar-refractivity contribution in [3.63, 3.8) is 0 Å². The molecule has 0 fully saturated rings. The predicted molar refractivity (Wildman–Crippen MR) is 73.9 cm³/mol. The molecule has 0 spiro atoms. The van der Waals surface area contributed by atoms with Gasteiger partial charge < -0.3 is 20.6 Å². The van der Waals surface area contributed by atoms with Crippen LogP contribution in [0.15, 0.2) is 42.5 Å². The van der Waals surface area contributed by atoms with E-state index in [4.69, 9.17) is 0 Å². The number of aromatic hydroxyl groups is 3. The van der Waals surface area contributed by atoms with Crippen LogP contribution in [-0.2, 0) is 6.42 Å². The highest BCUT2D eigenvalue weighted by atomic mass is 16.3. The Morgan fingerprint density at radius 3 is 2.35 bits per heavy atom. The second-order valence-electron chi connectivity index (χ2n) is 4.32. The van der Waals surface area contributed by atoms with Crippen LogP contribution in [0.5, 0.6) is 17.2 Å². The molecular weight excluding hydrogens is 258 g/mol. The molecule has 2 rings (SSSR count). The van der Waals surface area contributed by atoms with Crippen LogP contribution in [0.25, 0.3) is 0 Å². The average Bonchev–Trinajstić information content (AvgIpc) is 2.46. The predicted octanol–water partition coefficient (Wildman–Crippen LogP) is 1.78. The van der Waals surface area contributed by atoms with Crippen molar-refractivity contribution >= 4 is 5.91 Å². The minimum absolute atomic E-state index is 0.0756. The van der Waals surface area contributed by atoms with Gasteiger partial charge in [-0.3, -0.25) is 4.79 Å². The maximum absolute atomic E-state index is 11.9. The van der Waals surface area contributed by atoms with Gasteiger partial charge in [0, 0.05) is 6.54 Å². The fourth-order valence-corrected chi connectivity index (χ4v) is 1.81. The largest absolute Gasteiger partial charge is 0.504 e. The first kappa shape index (κ1) is 13.7. The molecule has 2 aromatic carbocycles. The summed E-state index contributed by atoms with van der Waals surface area (Å²) in [5, 5.41) is 30.8. The molecule has 0 saturated heterocycles. The molecule has 0 unspecified atom stereocenters. The van der Waals surface area contributed by atoms with Crippen LogP contribution >= 0.6 is 0 Å². The summed E-state index contributed by atoms with van der Waals surface area (Å²) in [4.78, 5) is 11.9. The molecule has 0 saturated carbocycles. The van der Waals surface area contributed by atoms with Crippen LogP contribution in [-0.4, -0.2) is 27.8 Å². The minimum atomic E-state index is -0.694. The SMILES string of the molecule is O=C(NCCc1ccccc1)c1ccc(O)c(O)c1O. The summed E-state index contributed by atoms with van der Waals surface area (Å²) < 4.78 is 0. The second-order valence-corrected chi connectivity index (χ2v) is 4.32. The second kappa shape index (κ2) is 5.97. The van der Waals surface area contributed by atoms with Crippen molar-refractivity contribution in [1.82, 2.24) is 5.32 Å². The number of carbonyl (C=O) groups is 1. The number of amides is 1. The number of phenolic OH excluding ortho intramolecular Hbond substituents is 3. The summed E-state index contributed by atoms with van der Waals surface area (Å²) in [6, 6.07) is 12.1. The highest BCUT2D eigenvalue weighted by Gasteiger charge is 2.16. The first-order chi connectivity index (χ1) is 9.59. The molecule has 0 aliphatic rings. The van der Waals surface area contributed by atoms with E-state index in [0.29, 0.717) is 13.0 Å². The van der Waals surface area contributed by atoms with Gasteiger partial charge in [-0.2, -0.15) is 0 Å². The topological polar surface area (TPSA) is 89.8 Å². The Kier molecular flexibility index (Phi) is 4.10. The van der Waals surface area contributed by atoms with Gasteiger partial charge in [-0.25, -0.2) is 0 Å². The molecule has 5 nitrogen and oxygen atoms in total. The quantitative estimate of drug-likeness (QED) is 0.639. The van der Waals surface area contributed by atoms with Gasteiger partial charge in [0.15, 0.2) is 11.5 Å². The molecule has 0 radical (unpaired) electrons. The molecule has 0 heterocycles. The summed E-state index contributed by atoms with van der Waals surface area (Å²) in [5.41, 5.74) is 1.01. The Labute approximate surface area is 116 Å². The Bertz CT molecular complexity index is 611. The standard InChI is InChI=1S/C15H15NO4/c17-12-7-6-11(13(18)14(12)19)15(20)16-9-8-10-4-2-1-3-5-10/h1-7,17-19H,8-9H2,(H,16,20). The number of hydrogen-bond acceptors (Lipinski definition) is 4. The molecule has 0 aliphatic heterocycles. The number of rotatable bonds is 4. The average molecular weight is 273 g/mol. The van der Waals surface area contributed by atoms with Gasteiger partial charge >= 0.3 is 0 Å². The van der Waals surface area contributed by atoms with E-state index in [1.807, 2.05) is 30.3 Å². The lowest BCUT2D eigenvalue weighted by Gasteiger charge is -2.08. The molecule has 2 aromatic rings. The summed E-state index contributed by atoms with van der Waals surface area (Å²) in [7, 11) is 0. The van der Waals surface area contributed by atoms with E-state index in [0.717, 1.165) is 11.6 Å². The smallest absolute Gasteiger partial charge is 0.255 e. The van der Waals surface area contributed by atoms with E-state index in [1.165, 1.54) is 6.07 Å². The van der Waals surface area contributed by atoms with Crippen molar-refractivity contribution in [2.24, 2.45) is 0 Å². The summed E-state index contributed by atoms with van der Waals surface area (Å²) in [6.07, 6.45) is 0.664. The lowest BCUT2D eigenvalue weighted by molar-refractivity contribution is 0.0950. The first-order valence-corrected chi connectivity index (χ1v) is 6.15. The molecule has 104 valence electrons. The molecule has 20 heavy (non-hydrogen) atoms. The Morgan fingerprint density at radius 2 is 1.65 bits per heavy atom.